The Kier molecular flexibility index (Phi) is 4.98. The largest absolute Gasteiger partial charge is 0.388 e. The number of rotatable bonds is 3. The van der Waals surface area contributed by atoms with Gasteiger partial charge in [-0.05, 0) is 54.3 Å². The second-order valence-electron chi connectivity index (χ2n) is 4.93. The number of aliphatic hydroxyl groups excluding tert-OH is 1. The molecule has 1 unspecified atom stereocenters. The molecule has 1 nitrogen and oxygen atoms in total. The van der Waals surface area contributed by atoms with E-state index in [1.807, 2.05) is 32.0 Å². The lowest BCUT2D eigenvalue weighted by Crippen LogP contribution is -2.04. The Bertz CT molecular complexity index is 638. The van der Waals surface area contributed by atoms with Gasteiger partial charge < -0.3 is 5.11 Å². The van der Waals surface area contributed by atoms with Crippen molar-refractivity contribution in [2.75, 3.05) is 0 Å². The molecule has 1 N–H and O–H groups in total. The van der Waals surface area contributed by atoms with Crippen molar-refractivity contribution in [1.29, 1.82) is 0 Å². The van der Waals surface area contributed by atoms with Crippen molar-refractivity contribution in [3.05, 3.63) is 67.7 Å². The Morgan fingerprint density at radius 2 is 1.60 bits per heavy atom. The molecule has 0 radical (unpaired) electrons. The van der Waals surface area contributed by atoms with Crippen LogP contribution in [0.25, 0.3) is 0 Å². The van der Waals surface area contributed by atoms with Crippen LogP contribution in [0.5, 0.6) is 0 Å². The van der Waals surface area contributed by atoms with Crippen molar-refractivity contribution in [3.63, 3.8) is 0 Å². The van der Waals surface area contributed by atoms with Crippen molar-refractivity contribution in [2.24, 2.45) is 0 Å². The zero-order valence-corrected chi connectivity index (χ0v) is 13.5. The standard InChI is InChI=1S/C16H15Cl3O/c1-9-6-14(18)10(2)5-12(9)16(20)8-11-3-4-13(17)15(19)7-11/h3-7,16,20H,8H2,1-2H3. The van der Waals surface area contributed by atoms with Gasteiger partial charge in [0.1, 0.15) is 0 Å². The van der Waals surface area contributed by atoms with Crippen molar-refractivity contribution in [1.82, 2.24) is 0 Å². The molecular weight excluding hydrogens is 315 g/mol. The van der Waals surface area contributed by atoms with Crippen LogP contribution in [0, 0.1) is 13.8 Å². The molecule has 0 aromatic heterocycles. The SMILES string of the molecule is Cc1cc(C(O)Cc2ccc(Cl)c(Cl)c2)c(C)cc1Cl. The van der Waals surface area contributed by atoms with Crippen LogP contribution in [0.3, 0.4) is 0 Å². The van der Waals surface area contributed by atoms with Crippen LogP contribution < -0.4 is 0 Å². The first-order valence-electron chi connectivity index (χ1n) is 6.27. The molecule has 2 rings (SSSR count). The first-order chi connectivity index (χ1) is 9.38. The summed E-state index contributed by atoms with van der Waals surface area (Å²) in [5.41, 5.74) is 3.77. The Hall–Kier alpha value is -0.730. The molecule has 0 heterocycles. The molecule has 0 amide bonds. The van der Waals surface area contributed by atoms with Gasteiger partial charge in [-0.1, -0.05) is 46.9 Å². The number of aryl methyl sites for hydroxylation is 2. The molecule has 0 fully saturated rings. The molecule has 0 saturated heterocycles. The Morgan fingerprint density at radius 1 is 0.900 bits per heavy atom. The minimum Gasteiger partial charge on any atom is -0.388 e. The van der Waals surface area contributed by atoms with Crippen LogP contribution in [0.1, 0.15) is 28.4 Å². The summed E-state index contributed by atoms with van der Waals surface area (Å²) in [5.74, 6) is 0. The summed E-state index contributed by atoms with van der Waals surface area (Å²) in [4.78, 5) is 0. The molecule has 0 aliphatic rings. The predicted octanol–water partition coefficient (Wildman–Crippen LogP) is 5.54. The molecule has 0 aliphatic carbocycles. The lowest BCUT2D eigenvalue weighted by atomic mass is 9.96. The van der Waals surface area contributed by atoms with Crippen LogP contribution >= 0.6 is 34.8 Å². The van der Waals surface area contributed by atoms with E-state index in [0.717, 1.165) is 22.3 Å². The summed E-state index contributed by atoms with van der Waals surface area (Å²) in [6.45, 7) is 3.87. The number of benzene rings is 2. The van der Waals surface area contributed by atoms with Gasteiger partial charge in [0.05, 0.1) is 16.1 Å². The summed E-state index contributed by atoms with van der Waals surface area (Å²) in [7, 11) is 0. The fourth-order valence-corrected chi connectivity index (χ4v) is 2.70. The number of hydrogen-bond acceptors (Lipinski definition) is 1. The minimum absolute atomic E-state index is 0.485. The van der Waals surface area contributed by atoms with E-state index in [2.05, 4.69) is 0 Å². The first kappa shape index (κ1) is 15.7. The zero-order chi connectivity index (χ0) is 14.9. The number of halogens is 3. The molecule has 0 saturated carbocycles. The maximum atomic E-state index is 10.4. The van der Waals surface area contributed by atoms with Crippen molar-refractivity contribution >= 4 is 34.8 Å². The highest BCUT2D eigenvalue weighted by molar-refractivity contribution is 6.42. The molecule has 20 heavy (non-hydrogen) atoms. The second-order valence-corrected chi connectivity index (χ2v) is 6.15. The molecule has 2 aromatic carbocycles. The van der Waals surface area contributed by atoms with Gasteiger partial charge in [0.2, 0.25) is 0 Å². The molecule has 4 heteroatoms. The molecule has 2 aromatic rings. The lowest BCUT2D eigenvalue weighted by Gasteiger charge is -2.16. The Morgan fingerprint density at radius 3 is 2.25 bits per heavy atom. The quantitative estimate of drug-likeness (QED) is 0.784. The molecule has 106 valence electrons. The smallest absolute Gasteiger partial charge is 0.0833 e. The van der Waals surface area contributed by atoms with E-state index >= 15 is 0 Å². The maximum absolute atomic E-state index is 10.4. The molecule has 0 spiro atoms. The van der Waals surface area contributed by atoms with Gasteiger partial charge >= 0.3 is 0 Å². The van der Waals surface area contributed by atoms with Crippen molar-refractivity contribution in [2.45, 2.75) is 26.4 Å². The van der Waals surface area contributed by atoms with Gasteiger partial charge in [-0.2, -0.15) is 0 Å². The minimum atomic E-state index is -0.594. The fraction of sp³-hybridized carbons (Fsp3) is 0.250. The van der Waals surface area contributed by atoms with E-state index in [4.69, 9.17) is 34.8 Å². The van der Waals surface area contributed by atoms with Crippen LogP contribution in [0.4, 0.5) is 0 Å². The van der Waals surface area contributed by atoms with E-state index < -0.39 is 6.10 Å². The molecular formula is C16H15Cl3O. The fourth-order valence-electron chi connectivity index (χ4n) is 2.16. The number of hydrogen-bond donors (Lipinski definition) is 1. The summed E-state index contributed by atoms with van der Waals surface area (Å²) in [6, 6.07) is 9.21. The first-order valence-corrected chi connectivity index (χ1v) is 7.40. The highest BCUT2D eigenvalue weighted by atomic mass is 35.5. The van der Waals surface area contributed by atoms with Crippen molar-refractivity contribution in [3.8, 4) is 0 Å². The summed E-state index contributed by atoms with van der Waals surface area (Å²) in [5, 5.41) is 12.1. The van der Waals surface area contributed by atoms with E-state index in [1.165, 1.54) is 0 Å². The van der Waals surface area contributed by atoms with Gasteiger partial charge in [0.15, 0.2) is 0 Å². The third-order valence-electron chi connectivity index (χ3n) is 3.32. The third-order valence-corrected chi connectivity index (χ3v) is 4.47. The van der Waals surface area contributed by atoms with Gasteiger partial charge in [-0.15, -0.1) is 0 Å². The monoisotopic (exact) mass is 328 g/mol. The number of aliphatic hydroxyl groups is 1. The molecule has 1 atom stereocenters. The third kappa shape index (κ3) is 3.48. The van der Waals surface area contributed by atoms with Crippen molar-refractivity contribution < 1.29 is 5.11 Å². The molecule has 0 bridgehead atoms. The second kappa shape index (κ2) is 6.36. The van der Waals surface area contributed by atoms with E-state index in [1.54, 1.807) is 12.1 Å². The Labute approximate surface area is 134 Å². The van der Waals surface area contributed by atoms with E-state index in [9.17, 15) is 5.11 Å². The van der Waals surface area contributed by atoms with E-state index in [-0.39, 0.29) is 0 Å². The van der Waals surface area contributed by atoms with Gasteiger partial charge in [-0.3, -0.25) is 0 Å². The predicted molar refractivity (Wildman–Crippen MR) is 86.1 cm³/mol. The normalized spacial score (nSPS) is 12.5. The average molecular weight is 330 g/mol. The van der Waals surface area contributed by atoms with Gasteiger partial charge in [0, 0.05) is 11.4 Å². The summed E-state index contributed by atoms with van der Waals surface area (Å²) in [6.07, 6.45) is -0.109. The van der Waals surface area contributed by atoms with Crippen LogP contribution in [0.2, 0.25) is 15.1 Å². The summed E-state index contributed by atoms with van der Waals surface area (Å²) >= 11 is 18.0. The summed E-state index contributed by atoms with van der Waals surface area (Å²) < 4.78 is 0. The Balaban J connectivity index is 2.25. The highest BCUT2D eigenvalue weighted by Gasteiger charge is 2.13. The lowest BCUT2D eigenvalue weighted by molar-refractivity contribution is 0.177. The topological polar surface area (TPSA) is 20.2 Å². The average Bonchev–Trinajstić information content (AvgIpc) is 2.38. The highest BCUT2D eigenvalue weighted by Crippen LogP contribution is 2.29. The van der Waals surface area contributed by atoms with Crippen LogP contribution in [0.15, 0.2) is 30.3 Å². The molecule has 0 aliphatic heterocycles. The zero-order valence-electron chi connectivity index (χ0n) is 11.3. The van der Waals surface area contributed by atoms with E-state index in [0.29, 0.717) is 21.5 Å². The van der Waals surface area contributed by atoms with Gasteiger partial charge in [0.25, 0.3) is 0 Å². The van der Waals surface area contributed by atoms with Crippen LogP contribution in [-0.2, 0) is 6.42 Å². The maximum Gasteiger partial charge on any atom is 0.0833 e. The van der Waals surface area contributed by atoms with Gasteiger partial charge in [-0.25, -0.2) is 0 Å². The van der Waals surface area contributed by atoms with Crippen LogP contribution in [-0.4, -0.2) is 5.11 Å².